The minimum Gasteiger partial charge on any atom is -0.315 e. The fraction of sp³-hybridized carbons (Fsp3) is 0.818. The first-order valence-corrected chi connectivity index (χ1v) is 7.47. The van der Waals surface area contributed by atoms with Gasteiger partial charge in [0.1, 0.15) is 5.82 Å². The first-order chi connectivity index (χ1) is 7.61. The fourth-order valence-electron chi connectivity index (χ4n) is 1.22. The van der Waals surface area contributed by atoms with Gasteiger partial charge in [-0.1, -0.05) is 39.5 Å². The lowest BCUT2D eigenvalue weighted by molar-refractivity contribution is 0.554. The molecule has 16 heavy (non-hydrogen) atoms. The van der Waals surface area contributed by atoms with Crippen LogP contribution in [0.15, 0.2) is 4.34 Å². The predicted octanol–water partition coefficient (Wildman–Crippen LogP) is 2.83. The number of aromatic nitrogens is 2. The van der Waals surface area contributed by atoms with Crippen molar-refractivity contribution < 1.29 is 0 Å². The second-order valence-corrected chi connectivity index (χ2v) is 6.75. The van der Waals surface area contributed by atoms with Gasteiger partial charge in [-0.25, -0.2) is 4.98 Å². The second kappa shape index (κ2) is 7.25. The minimum absolute atomic E-state index is 0.552. The molecule has 1 aromatic rings. The van der Waals surface area contributed by atoms with Crippen LogP contribution in [0.2, 0.25) is 0 Å². The van der Waals surface area contributed by atoms with Crippen LogP contribution in [0.3, 0.4) is 0 Å². The Morgan fingerprint density at radius 2 is 2.06 bits per heavy atom. The SMILES string of the molecule is CCc1nsc(SC(C)CNCC(C)C)n1. The second-order valence-electron chi connectivity index (χ2n) is 4.31. The van der Waals surface area contributed by atoms with Crippen LogP contribution in [0.4, 0.5) is 0 Å². The number of nitrogens with one attached hydrogen (secondary N) is 1. The Balaban J connectivity index is 2.25. The smallest absolute Gasteiger partial charge is 0.170 e. The Kier molecular flexibility index (Phi) is 6.31. The maximum Gasteiger partial charge on any atom is 0.170 e. The van der Waals surface area contributed by atoms with Crippen LogP contribution < -0.4 is 5.32 Å². The quantitative estimate of drug-likeness (QED) is 0.764. The molecule has 0 aromatic carbocycles. The Morgan fingerprint density at radius 1 is 1.31 bits per heavy atom. The van der Waals surface area contributed by atoms with Crippen molar-refractivity contribution in [2.45, 2.75) is 43.7 Å². The van der Waals surface area contributed by atoms with Gasteiger partial charge in [-0.2, -0.15) is 4.37 Å². The van der Waals surface area contributed by atoms with E-state index in [0.717, 1.165) is 29.7 Å². The van der Waals surface area contributed by atoms with E-state index < -0.39 is 0 Å². The zero-order valence-electron chi connectivity index (χ0n) is 10.5. The van der Waals surface area contributed by atoms with Gasteiger partial charge < -0.3 is 5.32 Å². The highest BCUT2D eigenvalue weighted by molar-refractivity contribution is 8.01. The minimum atomic E-state index is 0.552. The summed E-state index contributed by atoms with van der Waals surface area (Å²) in [5, 5.41) is 4.01. The molecule has 0 aliphatic rings. The van der Waals surface area contributed by atoms with Gasteiger partial charge in [-0.3, -0.25) is 0 Å². The largest absolute Gasteiger partial charge is 0.315 e. The summed E-state index contributed by atoms with van der Waals surface area (Å²) in [6.07, 6.45) is 0.928. The van der Waals surface area contributed by atoms with E-state index in [1.807, 2.05) is 11.8 Å². The van der Waals surface area contributed by atoms with Crippen LogP contribution in [0.1, 0.15) is 33.5 Å². The third-order valence-electron chi connectivity index (χ3n) is 2.05. The van der Waals surface area contributed by atoms with E-state index in [0.29, 0.717) is 11.2 Å². The van der Waals surface area contributed by atoms with Crippen LogP contribution in [-0.2, 0) is 6.42 Å². The molecule has 0 aliphatic carbocycles. The lowest BCUT2D eigenvalue weighted by Gasteiger charge is -2.11. The molecule has 0 amide bonds. The Bertz CT molecular complexity index is 299. The van der Waals surface area contributed by atoms with E-state index in [2.05, 4.69) is 42.4 Å². The van der Waals surface area contributed by atoms with Crippen LogP contribution in [0, 0.1) is 5.92 Å². The molecule has 0 spiro atoms. The van der Waals surface area contributed by atoms with Gasteiger partial charge in [-0.15, -0.1) is 0 Å². The molecule has 0 saturated heterocycles. The summed E-state index contributed by atoms with van der Waals surface area (Å²) in [4.78, 5) is 4.45. The molecule has 5 heteroatoms. The van der Waals surface area contributed by atoms with E-state index >= 15 is 0 Å². The lowest BCUT2D eigenvalue weighted by Crippen LogP contribution is -2.26. The van der Waals surface area contributed by atoms with Crippen LogP contribution in [0.5, 0.6) is 0 Å². The Morgan fingerprint density at radius 3 is 2.62 bits per heavy atom. The van der Waals surface area contributed by atoms with Crippen LogP contribution in [-0.4, -0.2) is 27.7 Å². The summed E-state index contributed by atoms with van der Waals surface area (Å²) < 4.78 is 5.38. The number of hydrogen-bond acceptors (Lipinski definition) is 5. The highest BCUT2D eigenvalue weighted by Crippen LogP contribution is 2.24. The maximum atomic E-state index is 4.45. The van der Waals surface area contributed by atoms with Crippen molar-refractivity contribution in [1.82, 2.24) is 14.7 Å². The van der Waals surface area contributed by atoms with Gasteiger partial charge in [-0.05, 0) is 24.0 Å². The van der Waals surface area contributed by atoms with Gasteiger partial charge in [0.15, 0.2) is 4.34 Å². The van der Waals surface area contributed by atoms with Crippen molar-refractivity contribution in [3.63, 3.8) is 0 Å². The number of aryl methyl sites for hydroxylation is 1. The zero-order chi connectivity index (χ0) is 12.0. The Hall–Kier alpha value is -0.130. The van der Waals surface area contributed by atoms with E-state index in [-0.39, 0.29) is 0 Å². The molecule has 0 aliphatic heterocycles. The van der Waals surface area contributed by atoms with Crippen molar-refractivity contribution in [3.8, 4) is 0 Å². The van der Waals surface area contributed by atoms with Crippen molar-refractivity contribution in [1.29, 1.82) is 0 Å². The molecule has 1 heterocycles. The van der Waals surface area contributed by atoms with E-state index in [1.165, 1.54) is 11.5 Å². The average molecular weight is 259 g/mol. The summed E-state index contributed by atoms with van der Waals surface area (Å²) >= 11 is 3.33. The standard InChI is InChI=1S/C11H21N3S2/c1-5-10-13-11(16-14-10)15-9(4)7-12-6-8(2)3/h8-9,12H,5-7H2,1-4H3. The molecule has 1 N–H and O–H groups in total. The molecule has 1 unspecified atom stereocenters. The molecule has 1 atom stereocenters. The van der Waals surface area contributed by atoms with E-state index in [9.17, 15) is 0 Å². The molecule has 92 valence electrons. The van der Waals surface area contributed by atoms with Crippen molar-refractivity contribution in [2.24, 2.45) is 5.92 Å². The fourth-order valence-corrected chi connectivity index (χ4v) is 3.20. The zero-order valence-corrected chi connectivity index (χ0v) is 12.1. The van der Waals surface area contributed by atoms with Crippen LogP contribution >= 0.6 is 23.3 Å². The topological polar surface area (TPSA) is 37.8 Å². The van der Waals surface area contributed by atoms with Gasteiger partial charge in [0.25, 0.3) is 0 Å². The summed E-state index contributed by atoms with van der Waals surface area (Å²) in [6, 6.07) is 0. The number of thioether (sulfide) groups is 1. The summed E-state index contributed by atoms with van der Waals surface area (Å²) in [6.45, 7) is 10.9. The maximum absolute atomic E-state index is 4.45. The Labute approximate surface area is 107 Å². The monoisotopic (exact) mass is 259 g/mol. The normalized spacial score (nSPS) is 13.3. The summed E-state index contributed by atoms with van der Waals surface area (Å²) in [5.41, 5.74) is 0. The average Bonchev–Trinajstić information content (AvgIpc) is 2.65. The number of nitrogens with zero attached hydrogens (tertiary/aromatic N) is 2. The number of rotatable bonds is 7. The lowest BCUT2D eigenvalue weighted by atomic mass is 10.2. The van der Waals surface area contributed by atoms with Gasteiger partial charge in [0.05, 0.1) is 0 Å². The van der Waals surface area contributed by atoms with Crippen LogP contribution in [0.25, 0.3) is 0 Å². The molecule has 3 nitrogen and oxygen atoms in total. The highest BCUT2D eigenvalue weighted by Gasteiger charge is 2.08. The summed E-state index contributed by atoms with van der Waals surface area (Å²) in [7, 11) is 0. The van der Waals surface area contributed by atoms with Gasteiger partial charge in [0.2, 0.25) is 0 Å². The van der Waals surface area contributed by atoms with Crippen molar-refractivity contribution in [3.05, 3.63) is 5.82 Å². The first-order valence-electron chi connectivity index (χ1n) is 5.81. The van der Waals surface area contributed by atoms with Crippen molar-refractivity contribution >= 4 is 23.3 Å². The molecular weight excluding hydrogens is 238 g/mol. The molecule has 0 saturated carbocycles. The molecule has 1 rings (SSSR count). The third kappa shape index (κ3) is 5.27. The van der Waals surface area contributed by atoms with Gasteiger partial charge >= 0.3 is 0 Å². The molecule has 0 fully saturated rings. The van der Waals surface area contributed by atoms with E-state index in [4.69, 9.17) is 0 Å². The predicted molar refractivity (Wildman–Crippen MR) is 72.3 cm³/mol. The highest BCUT2D eigenvalue weighted by atomic mass is 32.2. The molecule has 0 bridgehead atoms. The van der Waals surface area contributed by atoms with E-state index in [1.54, 1.807) is 0 Å². The third-order valence-corrected chi connectivity index (χ3v) is 3.98. The van der Waals surface area contributed by atoms with Gasteiger partial charge in [0, 0.05) is 18.2 Å². The summed E-state index contributed by atoms with van der Waals surface area (Å²) in [5.74, 6) is 1.68. The molecule has 1 aromatic heterocycles. The molecule has 0 radical (unpaired) electrons. The first kappa shape index (κ1) is 13.9. The van der Waals surface area contributed by atoms with Crippen molar-refractivity contribution in [2.75, 3.05) is 13.1 Å². The molecular formula is C11H21N3S2. The number of hydrogen-bond donors (Lipinski definition) is 1.